The lowest BCUT2D eigenvalue weighted by Crippen LogP contribution is -2.32. The van der Waals surface area contributed by atoms with E-state index in [9.17, 15) is 0 Å². The van der Waals surface area contributed by atoms with Gasteiger partial charge in [-0.15, -0.1) is 23.2 Å². The summed E-state index contributed by atoms with van der Waals surface area (Å²) < 4.78 is 11.4. The van der Waals surface area contributed by atoms with E-state index in [4.69, 9.17) is 32.7 Å². The molecule has 7 heteroatoms. The van der Waals surface area contributed by atoms with Gasteiger partial charge in [0.1, 0.15) is 11.5 Å². The van der Waals surface area contributed by atoms with Gasteiger partial charge >= 0.3 is 0 Å². The molecule has 0 bridgehead atoms. The molecule has 4 rings (SSSR count). The number of nitrogens with zero attached hydrogens (tertiary/aromatic N) is 3. The Hall–Kier alpha value is -2.44. The molecule has 0 aliphatic carbocycles. The predicted octanol–water partition coefficient (Wildman–Crippen LogP) is 6.31. The van der Waals surface area contributed by atoms with Gasteiger partial charge in [-0.3, -0.25) is 9.80 Å². The van der Waals surface area contributed by atoms with Crippen molar-refractivity contribution < 1.29 is 9.47 Å². The van der Waals surface area contributed by atoms with Gasteiger partial charge in [0.15, 0.2) is 0 Å². The van der Waals surface area contributed by atoms with Crippen LogP contribution in [0.2, 0.25) is 0 Å². The van der Waals surface area contributed by atoms with Crippen molar-refractivity contribution in [3.05, 3.63) is 89.0 Å². The predicted molar refractivity (Wildman–Crippen MR) is 154 cm³/mol. The summed E-state index contributed by atoms with van der Waals surface area (Å²) >= 11 is 12.2. The van der Waals surface area contributed by atoms with Crippen molar-refractivity contribution in [3.63, 3.8) is 0 Å². The number of aryl methyl sites for hydroxylation is 1. The maximum absolute atomic E-state index is 6.08. The number of hydrogen-bond acceptors (Lipinski definition) is 5. The summed E-state index contributed by atoms with van der Waals surface area (Å²) in [4.78, 5) is 7.35. The van der Waals surface area contributed by atoms with Crippen LogP contribution in [0.5, 0.6) is 11.5 Å². The van der Waals surface area contributed by atoms with Crippen molar-refractivity contribution in [1.29, 1.82) is 0 Å². The zero-order chi connectivity index (χ0) is 26.2. The van der Waals surface area contributed by atoms with E-state index in [1.807, 2.05) is 24.3 Å². The van der Waals surface area contributed by atoms with Crippen molar-refractivity contribution in [3.8, 4) is 11.5 Å². The Balaban J connectivity index is 1.69. The zero-order valence-electron chi connectivity index (χ0n) is 22.0. The lowest BCUT2D eigenvalue weighted by molar-refractivity contribution is 0.123. The number of halogens is 2. The lowest BCUT2D eigenvalue weighted by Gasteiger charge is -2.33. The third kappa shape index (κ3) is 6.53. The van der Waals surface area contributed by atoms with Gasteiger partial charge in [-0.05, 0) is 42.3 Å². The molecule has 3 aromatic rings. The SMILES string of the molecule is COc1ccccc1CN1CCN(Cc2ccccc2OC)C1c1ccc(N(CCCl)CCCl)cc1C. The molecule has 1 aliphatic heterocycles. The molecule has 5 nitrogen and oxygen atoms in total. The molecular weight excluding hydrogens is 505 g/mol. The minimum atomic E-state index is 0.123. The number of methoxy groups -OCH3 is 2. The molecule has 0 spiro atoms. The van der Waals surface area contributed by atoms with Gasteiger partial charge in [0, 0.05) is 67.8 Å². The summed E-state index contributed by atoms with van der Waals surface area (Å²) in [5.41, 5.74) is 6.11. The average molecular weight is 543 g/mol. The second-order valence-corrected chi connectivity index (χ2v) is 10.1. The number of para-hydroxylation sites is 2. The molecule has 0 saturated carbocycles. The van der Waals surface area contributed by atoms with Crippen LogP contribution in [0.25, 0.3) is 0 Å². The Kier molecular flexibility index (Phi) is 9.98. The Labute approximate surface area is 231 Å². The summed E-state index contributed by atoms with van der Waals surface area (Å²) in [6.07, 6.45) is 0.123. The van der Waals surface area contributed by atoms with Crippen LogP contribution in [0.4, 0.5) is 5.69 Å². The van der Waals surface area contributed by atoms with E-state index in [1.54, 1.807) is 14.2 Å². The second kappa shape index (κ2) is 13.4. The van der Waals surface area contributed by atoms with Crippen LogP contribution in [0.3, 0.4) is 0 Å². The van der Waals surface area contributed by atoms with Gasteiger partial charge in [0.25, 0.3) is 0 Å². The van der Waals surface area contributed by atoms with Crippen LogP contribution in [-0.2, 0) is 13.1 Å². The van der Waals surface area contributed by atoms with Crippen molar-refractivity contribution in [1.82, 2.24) is 9.80 Å². The van der Waals surface area contributed by atoms with Crippen LogP contribution in [0.1, 0.15) is 28.4 Å². The summed E-state index contributed by atoms with van der Waals surface area (Å²) in [6.45, 7) is 7.30. The molecule has 1 aliphatic rings. The fraction of sp³-hybridized carbons (Fsp3) is 0.400. The highest BCUT2D eigenvalue weighted by Gasteiger charge is 2.35. The smallest absolute Gasteiger partial charge is 0.123 e. The number of anilines is 1. The summed E-state index contributed by atoms with van der Waals surface area (Å²) in [7, 11) is 3.48. The molecule has 0 N–H and O–H groups in total. The van der Waals surface area contributed by atoms with Gasteiger partial charge < -0.3 is 14.4 Å². The van der Waals surface area contributed by atoms with E-state index >= 15 is 0 Å². The molecule has 1 heterocycles. The molecule has 0 unspecified atom stereocenters. The lowest BCUT2D eigenvalue weighted by atomic mass is 10.0. The van der Waals surface area contributed by atoms with Crippen molar-refractivity contribution in [2.24, 2.45) is 0 Å². The molecule has 0 amide bonds. The summed E-state index contributed by atoms with van der Waals surface area (Å²) in [5, 5.41) is 0. The maximum atomic E-state index is 6.08. The molecule has 3 aromatic carbocycles. The molecular formula is C30H37Cl2N3O2. The molecule has 0 atom stereocenters. The van der Waals surface area contributed by atoms with E-state index in [0.717, 1.165) is 56.5 Å². The third-order valence-electron chi connectivity index (χ3n) is 7.10. The Morgan fingerprint density at radius 2 is 1.30 bits per heavy atom. The number of hydrogen-bond donors (Lipinski definition) is 0. The second-order valence-electron chi connectivity index (χ2n) is 9.34. The highest BCUT2D eigenvalue weighted by atomic mass is 35.5. The number of benzene rings is 3. The molecule has 1 saturated heterocycles. The zero-order valence-corrected chi connectivity index (χ0v) is 23.5. The minimum Gasteiger partial charge on any atom is -0.496 e. The van der Waals surface area contributed by atoms with Crippen LogP contribution >= 0.6 is 23.2 Å². The van der Waals surface area contributed by atoms with Crippen molar-refractivity contribution in [2.45, 2.75) is 26.2 Å². The first-order chi connectivity index (χ1) is 18.1. The van der Waals surface area contributed by atoms with Gasteiger partial charge in [-0.25, -0.2) is 0 Å². The van der Waals surface area contributed by atoms with E-state index in [1.165, 1.54) is 22.3 Å². The number of alkyl halides is 2. The van der Waals surface area contributed by atoms with Crippen LogP contribution in [-0.4, -0.2) is 62.0 Å². The maximum Gasteiger partial charge on any atom is 0.123 e. The summed E-state index contributed by atoms with van der Waals surface area (Å²) in [6, 6.07) is 23.4. The van der Waals surface area contributed by atoms with E-state index in [-0.39, 0.29) is 6.17 Å². The van der Waals surface area contributed by atoms with Gasteiger partial charge in [-0.1, -0.05) is 42.5 Å². The average Bonchev–Trinajstić information content (AvgIpc) is 3.30. The standard InChI is InChI=1S/C30H37Cl2N3O2/c1-23-20-26(33(16-14-31)17-15-32)12-13-27(23)30-34(21-24-8-4-6-10-28(24)36-2)18-19-35(30)22-25-9-5-7-11-29(25)37-3/h4-13,20,30H,14-19,21-22H2,1-3H3. The molecule has 0 aromatic heterocycles. The van der Waals surface area contributed by atoms with Gasteiger partial charge in [0.05, 0.1) is 20.4 Å². The largest absolute Gasteiger partial charge is 0.496 e. The highest BCUT2D eigenvalue weighted by molar-refractivity contribution is 6.18. The summed E-state index contributed by atoms with van der Waals surface area (Å²) in [5.74, 6) is 2.99. The molecule has 0 radical (unpaired) electrons. The molecule has 198 valence electrons. The first kappa shape index (κ1) is 27.6. The fourth-order valence-corrected chi connectivity index (χ4v) is 5.69. The highest BCUT2D eigenvalue weighted by Crippen LogP contribution is 2.37. The van der Waals surface area contributed by atoms with Gasteiger partial charge in [-0.2, -0.15) is 0 Å². The fourth-order valence-electron chi connectivity index (χ4n) is 5.28. The Morgan fingerprint density at radius 1 is 0.784 bits per heavy atom. The first-order valence-corrected chi connectivity index (χ1v) is 13.9. The molecule has 37 heavy (non-hydrogen) atoms. The van der Waals surface area contributed by atoms with E-state index in [0.29, 0.717) is 11.8 Å². The van der Waals surface area contributed by atoms with Crippen molar-refractivity contribution in [2.75, 3.05) is 57.1 Å². The molecule has 1 fully saturated rings. The first-order valence-electron chi connectivity index (χ1n) is 12.8. The Bertz CT molecular complexity index is 1100. The number of ether oxygens (including phenoxy) is 2. The third-order valence-corrected chi connectivity index (χ3v) is 7.44. The van der Waals surface area contributed by atoms with Crippen molar-refractivity contribution >= 4 is 28.9 Å². The van der Waals surface area contributed by atoms with E-state index < -0.39 is 0 Å². The topological polar surface area (TPSA) is 28.2 Å². The number of rotatable bonds is 12. The van der Waals surface area contributed by atoms with Crippen LogP contribution in [0, 0.1) is 6.92 Å². The quantitative estimate of drug-likeness (QED) is 0.250. The monoisotopic (exact) mass is 541 g/mol. The van der Waals surface area contributed by atoms with Crippen LogP contribution in [0.15, 0.2) is 66.7 Å². The van der Waals surface area contributed by atoms with E-state index in [2.05, 4.69) is 64.1 Å². The van der Waals surface area contributed by atoms with Crippen LogP contribution < -0.4 is 14.4 Å². The van der Waals surface area contributed by atoms with Gasteiger partial charge in [0.2, 0.25) is 0 Å². The minimum absolute atomic E-state index is 0.123. The normalized spacial score (nSPS) is 14.7. The Morgan fingerprint density at radius 3 is 1.76 bits per heavy atom.